The summed E-state index contributed by atoms with van der Waals surface area (Å²) in [5.74, 6) is -0.460. The van der Waals surface area contributed by atoms with Crippen LogP contribution >= 0.6 is 27.5 Å². The number of anilines is 2. The molecular weight excluding hydrogens is 333 g/mol. The minimum absolute atomic E-state index is 0.212. The first-order chi connectivity index (χ1) is 9.15. The van der Waals surface area contributed by atoms with Crippen LogP contribution in [-0.2, 0) is 0 Å². The fourth-order valence-electron chi connectivity index (χ4n) is 1.73. The summed E-state index contributed by atoms with van der Waals surface area (Å²) in [6.07, 6.45) is 1.44. The Bertz CT molecular complexity index is 757. The number of hydrogen-bond acceptors (Lipinski definition) is 2. The van der Waals surface area contributed by atoms with Crippen LogP contribution in [0, 0.1) is 11.9 Å². The first-order valence-corrected chi connectivity index (χ1v) is 6.57. The molecule has 6 heteroatoms. The van der Waals surface area contributed by atoms with Crippen LogP contribution in [0.15, 0.2) is 35.1 Å². The van der Waals surface area contributed by atoms with Gasteiger partial charge in [0, 0.05) is 10.5 Å². The summed E-state index contributed by atoms with van der Waals surface area (Å²) in [6.45, 7) is 0. The van der Waals surface area contributed by atoms with Crippen LogP contribution in [0.1, 0.15) is 0 Å². The Kier molecular flexibility index (Phi) is 3.16. The molecule has 3 nitrogen and oxygen atoms in total. The zero-order chi connectivity index (χ0) is 13.4. The molecular formula is C13H7BrClFN3. The van der Waals surface area contributed by atoms with E-state index < -0.39 is 5.82 Å². The number of rotatable bonds is 2. The predicted molar refractivity (Wildman–Crippen MR) is 77.3 cm³/mol. The molecule has 1 heterocycles. The molecule has 0 fully saturated rings. The molecule has 1 radical (unpaired) electrons. The van der Waals surface area contributed by atoms with Crippen LogP contribution in [0.4, 0.5) is 15.8 Å². The monoisotopic (exact) mass is 338 g/mol. The van der Waals surface area contributed by atoms with Crippen molar-refractivity contribution in [3.05, 3.63) is 52.0 Å². The zero-order valence-electron chi connectivity index (χ0n) is 9.47. The molecule has 2 aromatic carbocycles. The topological polar surface area (TPSA) is 40.7 Å². The van der Waals surface area contributed by atoms with Gasteiger partial charge in [0.05, 0.1) is 28.2 Å². The summed E-state index contributed by atoms with van der Waals surface area (Å²) in [7, 11) is 0. The average Bonchev–Trinajstić information content (AvgIpc) is 2.85. The first kappa shape index (κ1) is 12.4. The molecule has 0 aliphatic rings. The van der Waals surface area contributed by atoms with Crippen molar-refractivity contribution >= 4 is 49.9 Å². The lowest BCUT2D eigenvalue weighted by atomic mass is 10.2. The summed E-state index contributed by atoms with van der Waals surface area (Å²) in [5, 5.41) is 3.40. The summed E-state index contributed by atoms with van der Waals surface area (Å²) in [5.41, 5.74) is 1.69. The summed E-state index contributed by atoms with van der Waals surface area (Å²) in [6, 6.07) is 9.78. The lowest BCUT2D eigenvalue weighted by Crippen LogP contribution is -1.95. The van der Waals surface area contributed by atoms with Crippen molar-refractivity contribution in [2.75, 3.05) is 5.32 Å². The Morgan fingerprint density at radius 1 is 1.42 bits per heavy atom. The number of aromatic amines is 1. The van der Waals surface area contributed by atoms with Gasteiger partial charge in [-0.05, 0) is 24.3 Å². The minimum atomic E-state index is -0.460. The molecule has 0 aliphatic carbocycles. The van der Waals surface area contributed by atoms with Crippen LogP contribution in [0.2, 0.25) is 5.02 Å². The van der Waals surface area contributed by atoms with E-state index in [4.69, 9.17) is 11.6 Å². The number of benzene rings is 2. The number of halogens is 3. The van der Waals surface area contributed by atoms with Gasteiger partial charge in [-0.3, -0.25) is 0 Å². The second-order valence-corrected chi connectivity index (χ2v) is 5.21. The van der Waals surface area contributed by atoms with Crippen molar-refractivity contribution in [2.24, 2.45) is 0 Å². The summed E-state index contributed by atoms with van der Waals surface area (Å²) >= 11 is 9.39. The number of hydrogen-bond donors (Lipinski definition) is 2. The summed E-state index contributed by atoms with van der Waals surface area (Å²) in [4.78, 5) is 6.75. The van der Waals surface area contributed by atoms with E-state index >= 15 is 0 Å². The Balaban J connectivity index is 2.03. The molecule has 0 amide bonds. The van der Waals surface area contributed by atoms with E-state index in [0.29, 0.717) is 16.2 Å². The van der Waals surface area contributed by atoms with Crippen LogP contribution in [0.25, 0.3) is 11.0 Å². The van der Waals surface area contributed by atoms with Gasteiger partial charge in [0.25, 0.3) is 0 Å². The van der Waals surface area contributed by atoms with Crippen molar-refractivity contribution in [1.29, 1.82) is 0 Å². The zero-order valence-corrected chi connectivity index (χ0v) is 11.8. The van der Waals surface area contributed by atoms with Gasteiger partial charge in [-0.25, -0.2) is 9.37 Å². The van der Waals surface area contributed by atoms with Gasteiger partial charge in [-0.2, -0.15) is 0 Å². The quantitative estimate of drug-likeness (QED) is 0.713. The maximum Gasteiger partial charge on any atom is 0.175 e. The molecule has 19 heavy (non-hydrogen) atoms. The fraction of sp³-hybridized carbons (Fsp3) is 0. The molecule has 0 spiro atoms. The molecule has 95 valence electrons. The number of imidazole rings is 1. The van der Waals surface area contributed by atoms with Crippen molar-refractivity contribution in [1.82, 2.24) is 9.97 Å². The van der Waals surface area contributed by atoms with E-state index in [-0.39, 0.29) is 11.2 Å². The predicted octanol–water partition coefficient (Wildman–Crippen LogP) is 4.66. The van der Waals surface area contributed by atoms with Crippen molar-refractivity contribution in [3.8, 4) is 0 Å². The molecule has 0 saturated carbocycles. The molecule has 0 saturated heterocycles. The van der Waals surface area contributed by atoms with Crippen LogP contribution < -0.4 is 5.32 Å². The highest BCUT2D eigenvalue weighted by Gasteiger charge is 2.11. The minimum Gasteiger partial charge on any atom is -0.351 e. The molecule has 1 aromatic heterocycles. The highest BCUT2D eigenvalue weighted by molar-refractivity contribution is 9.10. The lowest BCUT2D eigenvalue weighted by molar-refractivity contribution is 0.641. The van der Waals surface area contributed by atoms with Crippen LogP contribution in [-0.4, -0.2) is 9.97 Å². The first-order valence-electron chi connectivity index (χ1n) is 5.40. The van der Waals surface area contributed by atoms with Gasteiger partial charge in [-0.1, -0.05) is 27.5 Å². The highest BCUT2D eigenvalue weighted by Crippen LogP contribution is 2.30. The van der Waals surface area contributed by atoms with Gasteiger partial charge < -0.3 is 10.3 Å². The molecule has 2 N–H and O–H groups in total. The standard InChI is InChI=1S/C13H7BrClFN3/c14-7-1-2-9(8(15)5-7)19-10-3-4-11-13(12(10)16)18-6-17-11/h1-2,4-6,19H,(H,17,18). The third-order valence-corrected chi connectivity index (χ3v) is 3.45. The average molecular weight is 340 g/mol. The third-order valence-electron chi connectivity index (χ3n) is 2.65. The second kappa shape index (κ2) is 4.83. The Hall–Kier alpha value is -1.59. The van der Waals surface area contributed by atoms with Gasteiger partial charge in [0.2, 0.25) is 0 Å². The number of nitrogens with zero attached hydrogens (tertiary/aromatic N) is 1. The van der Waals surface area contributed by atoms with Crippen LogP contribution in [0.5, 0.6) is 0 Å². The largest absolute Gasteiger partial charge is 0.351 e. The highest BCUT2D eigenvalue weighted by atomic mass is 79.9. The molecule has 0 unspecified atom stereocenters. The van der Waals surface area contributed by atoms with Gasteiger partial charge in [0.1, 0.15) is 5.52 Å². The molecule has 3 aromatic rings. The van der Waals surface area contributed by atoms with E-state index in [9.17, 15) is 4.39 Å². The van der Waals surface area contributed by atoms with E-state index in [1.54, 1.807) is 18.2 Å². The number of nitrogens with one attached hydrogen (secondary N) is 2. The fourth-order valence-corrected chi connectivity index (χ4v) is 2.45. The number of H-pyrrole nitrogens is 1. The van der Waals surface area contributed by atoms with Crippen LogP contribution in [0.3, 0.4) is 0 Å². The van der Waals surface area contributed by atoms with Crippen molar-refractivity contribution in [3.63, 3.8) is 0 Å². The van der Waals surface area contributed by atoms with E-state index in [0.717, 1.165) is 4.47 Å². The van der Waals surface area contributed by atoms with Gasteiger partial charge in [-0.15, -0.1) is 0 Å². The lowest BCUT2D eigenvalue weighted by Gasteiger charge is -2.09. The molecule has 0 aliphatic heterocycles. The van der Waals surface area contributed by atoms with E-state index in [2.05, 4.69) is 37.3 Å². The SMILES string of the molecule is Fc1c(Nc2ccc(Br)cc2Cl)[c]cc2[nH]cnc12. The van der Waals surface area contributed by atoms with Crippen molar-refractivity contribution < 1.29 is 4.39 Å². The number of aromatic nitrogens is 2. The summed E-state index contributed by atoms with van der Waals surface area (Å²) < 4.78 is 15.0. The normalized spacial score (nSPS) is 10.9. The molecule has 3 rings (SSSR count). The van der Waals surface area contributed by atoms with E-state index in [1.165, 1.54) is 6.33 Å². The molecule has 0 atom stereocenters. The van der Waals surface area contributed by atoms with E-state index in [1.807, 2.05) is 6.07 Å². The maximum atomic E-state index is 14.2. The smallest absolute Gasteiger partial charge is 0.175 e. The Labute approximate surface area is 121 Å². The Morgan fingerprint density at radius 3 is 3.05 bits per heavy atom. The van der Waals surface area contributed by atoms with Crippen molar-refractivity contribution in [2.45, 2.75) is 0 Å². The third kappa shape index (κ3) is 2.31. The second-order valence-electron chi connectivity index (χ2n) is 3.89. The van der Waals surface area contributed by atoms with Gasteiger partial charge >= 0.3 is 0 Å². The molecule has 0 bridgehead atoms. The Morgan fingerprint density at radius 2 is 2.26 bits per heavy atom. The number of fused-ring (bicyclic) bond motifs is 1. The maximum absolute atomic E-state index is 14.2. The van der Waals surface area contributed by atoms with Gasteiger partial charge in [0.15, 0.2) is 5.82 Å².